The zero-order valence-electron chi connectivity index (χ0n) is 19.5. The first-order valence-electron chi connectivity index (χ1n) is 11.4. The fraction of sp³-hybridized carbons (Fsp3) is 0.640. The van der Waals surface area contributed by atoms with Crippen molar-refractivity contribution in [1.29, 1.82) is 0 Å². The van der Waals surface area contributed by atoms with Crippen LogP contribution in [0.15, 0.2) is 23.8 Å². The van der Waals surface area contributed by atoms with E-state index in [0.717, 1.165) is 37.2 Å². The summed E-state index contributed by atoms with van der Waals surface area (Å²) in [6.45, 7) is 11.7. The molecule has 1 fully saturated rings. The second-order valence-electron chi connectivity index (χ2n) is 10.4. The van der Waals surface area contributed by atoms with Gasteiger partial charge in [0, 0.05) is 32.6 Å². The normalized spacial score (nSPS) is 19.7. The maximum atomic E-state index is 12.3. The largest absolute Gasteiger partial charge is 0.494 e. The third-order valence-electron chi connectivity index (χ3n) is 6.01. The zero-order chi connectivity index (χ0) is 23.5. The molecule has 7 heteroatoms. The predicted molar refractivity (Wildman–Crippen MR) is 120 cm³/mol. The number of amides is 1. The second-order valence-corrected chi connectivity index (χ2v) is 10.4. The maximum absolute atomic E-state index is 12.3. The lowest BCUT2D eigenvalue weighted by atomic mass is 9.83. The number of hydrogen-bond donors (Lipinski definition) is 1. The SMILES string of the molecule is C[C@H]1Cc2cc(OCCCC(F)(F)F)ccc2C=C1CN1CC(C(=O)NCC(C)(C)C)C1. The van der Waals surface area contributed by atoms with Crippen molar-refractivity contribution in [3.8, 4) is 5.75 Å². The first-order valence-corrected chi connectivity index (χ1v) is 11.4. The Morgan fingerprint density at radius 3 is 2.59 bits per heavy atom. The van der Waals surface area contributed by atoms with Crippen LogP contribution in [0.25, 0.3) is 6.08 Å². The summed E-state index contributed by atoms with van der Waals surface area (Å²) in [5.74, 6) is 1.22. The minimum absolute atomic E-state index is 0.0356. The molecule has 0 radical (unpaired) electrons. The van der Waals surface area contributed by atoms with Gasteiger partial charge in [0.15, 0.2) is 0 Å². The first-order chi connectivity index (χ1) is 14.9. The van der Waals surface area contributed by atoms with Gasteiger partial charge in [-0.15, -0.1) is 0 Å². The van der Waals surface area contributed by atoms with Crippen LogP contribution < -0.4 is 10.1 Å². The molecule has 1 amide bonds. The predicted octanol–water partition coefficient (Wildman–Crippen LogP) is 5.08. The van der Waals surface area contributed by atoms with Crippen LogP contribution >= 0.6 is 0 Å². The number of ether oxygens (including phenoxy) is 1. The number of hydrogen-bond acceptors (Lipinski definition) is 3. The summed E-state index contributed by atoms with van der Waals surface area (Å²) in [6.07, 6.45) is -1.90. The van der Waals surface area contributed by atoms with Crippen LogP contribution in [0, 0.1) is 17.3 Å². The van der Waals surface area contributed by atoms with Crippen LogP contribution in [0.3, 0.4) is 0 Å². The Morgan fingerprint density at radius 1 is 1.22 bits per heavy atom. The van der Waals surface area contributed by atoms with Crippen LogP contribution in [0.1, 0.15) is 51.7 Å². The Balaban J connectivity index is 1.49. The lowest BCUT2D eigenvalue weighted by Crippen LogP contribution is -2.54. The number of nitrogens with one attached hydrogen (secondary N) is 1. The third kappa shape index (κ3) is 7.26. The van der Waals surface area contributed by atoms with Crippen LogP contribution in [0.5, 0.6) is 5.75 Å². The van der Waals surface area contributed by atoms with E-state index in [-0.39, 0.29) is 30.3 Å². The van der Waals surface area contributed by atoms with Gasteiger partial charge in [0.25, 0.3) is 0 Å². The Hall–Kier alpha value is -2.02. The molecule has 0 aromatic heterocycles. The highest BCUT2D eigenvalue weighted by molar-refractivity contribution is 5.80. The smallest absolute Gasteiger partial charge is 0.389 e. The Kier molecular flexibility index (Phi) is 7.58. The standard InChI is InChI=1S/C25H35F3N2O2/c1-17-10-19-12-22(32-9-5-8-25(26,27)28)7-6-18(19)11-20(17)13-30-14-21(15-30)23(31)29-16-24(2,3)4/h6-7,11-12,17,21H,5,8-10,13-16H2,1-4H3,(H,29,31)/t17-/m0/s1. The van der Waals surface area contributed by atoms with Gasteiger partial charge in [0.2, 0.25) is 5.91 Å². The molecule has 3 rings (SSSR count). The average Bonchev–Trinajstić information content (AvgIpc) is 2.64. The summed E-state index contributed by atoms with van der Waals surface area (Å²) in [6, 6.07) is 5.76. The fourth-order valence-electron chi connectivity index (χ4n) is 4.08. The summed E-state index contributed by atoms with van der Waals surface area (Å²) in [4.78, 5) is 14.6. The lowest BCUT2D eigenvalue weighted by molar-refractivity contribution is -0.136. The quantitative estimate of drug-likeness (QED) is 0.560. The van der Waals surface area contributed by atoms with Crippen molar-refractivity contribution in [1.82, 2.24) is 10.2 Å². The second kappa shape index (κ2) is 9.86. The summed E-state index contributed by atoms with van der Waals surface area (Å²) >= 11 is 0. The number of rotatable bonds is 8. The molecule has 1 aromatic carbocycles. The van der Waals surface area contributed by atoms with E-state index >= 15 is 0 Å². The molecule has 1 aliphatic heterocycles. The molecule has 1 saturated heterocycles. The molecule has 2 aliphatic rings. The number of carbonyl (C=O) groups is 1. The molecular weight excluding hydrogens is 417 g/mol. The molecule has 1 aliphatic carbocycles. The number of halogens is 3. The van der Waals surface area contributed by atoms with Gasteiger partial charge in [-0.3, -0.25) is 9.69 Å². The fourth-order valence-corrected chi connectivity index (χ4v) is 4.08. The molecule has 1 aromatic rings. The van der Waals surface area contributed by atoms with Crippen molar-refractivity contribution in [2.45, 2.75) is 53.1 Å². The van der Waals surface area contributed by atoms with Crippen molar-refractivity contribution in [2.75, 3.05) is 32.8 Å². The summed E-state index contributed by atoms with van der Waals surface area (Å²) in [5.41, 5.74) is 3.74. The van der Waals surface area contributed by atoms with Crippen molar-refractivity contribution in [3.63, 3.8) is 0 Å². The topological polar surface area (TPSA) is 41.6 Å². The number of fused-ring (bicyclic) bond motifs is 1. The van der Waals surface area contributed by atoms with Crippen LogP contribution in [0.4, 0.5) is 13.2 Å². The van der Waals surface area contributed by atoms with Gasteiger partial charge in [0.05, 0.1) is 12.5 Å². The minimum Gasteiger partial charge on any atom is -0.494 e. The van der Waals surface area contributed by atoms with E-state index in [9.17, 15) is 18.0 Å². The van der Waals surface area contributed by atoms with E-state index in [1.807, 2.05) is 18.2 Å². The molecule has 0 saturated carbocycles. The minimum atomic E-state index is -4.14. The Morgan fingerprint density at radius 2 is 1.94 bits per heavy atom. The van der Waals surface area contributed by atoms with Crippen molar-refractivity contribution in [3.05, 3.63) is 34.9 Å². The number of likely N-dealkylation sites (tertiary alicyclic amines) is 1. The average molecular weight is 453 g/mol. The van der Waals surface area contributed by atoms with E-state index in [1.54, 1.807) is 0 Å². The highest BCUT2D eigenvalue weighted by atomic mass is 19.4. The lowest BCUT2D eigenvalue weighted by Gasteiger charge is -2.40. The molecular formula is C25H35F3N2O2. The van der Waals surface area contributed by atoms with Gasteiger partial charge in [-0.2, -0.15) is 13.2 Å². The molecule has 0 spiro atoms. The van der Waals surface area contributed by atoms with Gasteiger partial charge >= 0.3 is 6.18 Å². The van der Waals surface area contributed by atoms with E-state index in [4.69, 9.17) is 4.74 Å². The molecule has 0 unspecified atom stereocenters. The summed E-state index contributed by atoms with van der Waals surface area (Å²) in [5, 5.41) is 3.05. The highest BCUT2D eigenvalue weighted by Gasteiger charge is 2.34. The summed E-state index contributed by atoms with van der Waals surface area (Å²) < 4.78 is 42.3. The molecule has 0 bridgehead atoms. The van der Waals surface area contributed by atoms with E-state index in [2.05, 4.69) is 44.0 Å². The van der Waals surface area contributed by atoms with Gasteiger partial charge in [-0.25, -0.2) is 0 Å². The van der Waals surface area contributed by atoms with Gasteiger partial charge in [0.1, 0.15) is 5.75 Å². The monoisotopic (exact) mass is 452 g/mol. The van der Waals surface area contributed by atoms with Crippen LogP contribution in [-0.2, 0) is 11.2 Å². The van der Waals surface area contributed by atoms with Gasteiger partial charge < -0.3 is 10.1 Å². The molecule has 1 heterocycles. The molecule has 4 nitrogen and oxygen atoms in total. The van der Waals surface area contributed by atoms with E-state index in [0.29, 0.717) is 18.2 Å². The maximum Gasteiger partial charge on any atom is 0.389 e. The van der Waals surface area contributed by atoms with Gasteiger partial charge in [-0.1, -0.05) is 45.4 Å². The van der Waals surface area contributed by atoms with Crippen molar-refractivity contribution >= 4 is 12.0 Å². The zero-order valence-corrected chi connectivity index (χ0v) is 19.5. The molecule has 178 valence electrons. The van der Waals surface area contributed by atoms with Crippen molar-refractivity contribution < 1.29 is 22.7 Å². The summed E-state index contributed by atoms with van der Waals surface area (Å²) in [7, 11) is 0. The van der Waals surface area contributed by atoms with Crippen LogP contribution in [-0.4, -0.2) is 49.8 Å². The number of carbonyl (C=O) groups excluding carboxylic acids is 1. The van der Waals surface area contributed by atoms with E-state index < -0.39 is 12.6 Å². The number of benzene rings is 1. The molecule has 1 N–H and O–H groups in total. The Labute approximate surface area is 189 Å². The van der Waals surface area contributed by atoms with E-state index in [1.165, 1.54) is 5.57 Å². The van der Waals surface area contributed by atoms with Gasteiger partial charge in [-0.05, 0) is 47.4 Å². The Bertz CT molecular complexity index is 837. The number of nitrogens with zero attached hydrogens (tertiary/aromatic N) is 1. The molecule has 32 heavy (non-hydrogen) atoms. The molecule has 1 atom stereocenters. The third-order valence-corrected chi connectivity index (χ3v) is 6.01. The number of alkyl halides is 3. The highest BCUT2D eigenvalue weighted by Crippen LogP contribution is 2.33. The first kappa shape index (κ1) is 24.6. The van der Waals surface area contributed by atoms with Crippen molar-refractivity contribution in [2.24, 2.45) is 17.3 Å². The van der Waals surface area contributed by atoms with Crippen LogP contribution in [0.2, 0.25) is 0 Å².